The number of amides is 1. The van der Waals surface area contributed by atoms with Crippen molar-refractivity contribution in [2.45, 2.75) is 33.2 Å². The monoisotopic (exact) mass is 481 g/mol. The average molecular weight is 482 g/mol. The van der Waals surface area contributed by atoms with Crippen LogP contribution in [0.4, 0.5) is 5.95 Å². The number of hydrogen-bond acceptors (Lipinski definition) is 7. The van der Waals surface area contributed by atoms with Crippen LogP contribution < -0.4 is 14.4 Å². The molecule has 4 rings (SSSR count). The van der Waals surface area contributed by atoms with Crippen molar-refractivity contribution in [3.63, 3.8) is 0 Å². The quantitative estimate of drug-likeness (QED) is 0.384. The molecule has 1 aromatic heterocycles. The maximum atomic E-state index is 13.9. The largest absolute Gasteiger partial charge is 0.502 e. The molecular weight excluding hydrogens is 450 g/mol. The van der Waals surface area contributed by atoms with Crippen LogP contribution in [0.25, 0.3) is 11.0 Å². The molecule has 0 aliphatic carbocycles. The Morgan fingerprint density at radius 1 is 1.14 bits per heavy atom. The predicted octanol–water partition coefficient (Wildman–Crippen LogP) is 3.92. The molecule has 186 valence electrons. The van der Waals surface area contributed by atoms with E-state index in [4.69, 9.17) is 19.2 Å². The number of carbonyl (C=O) groups is 2. The fourth-order valence-electron chi connectivity index (χ4n) is 4.53. The molecule has 1 N–H and O–H groups in total. The molecular formula is C26H31N3O6. The Labute approximate surface area is 204 Å². The van der Waals surface area contributed by atoms with E-state index < -0.39 is 17.9 Å². The summed E-state index contributed by atoms with van der Waals surface area (Å²) in [7, 11) is 2.86. The predicted molar refractivity (Wildman–Crippen MR) is 131 cm³/mol. The number of rotatable bonds is 8. The van der Waals surface area contributed by atoms with Gasteiger partial charge in [0.15, 0.2) is 17.4 Å². The number of hydrogen-bond donors (Lipinski definition) is 1. The normalized spacial score (nSPS) is 17.5. The number of methoxy groups -OCH3 is 2. The third kappa shape index (κ3) is 4.26. The number of ether oxygens (including phenoxy) is 3. The van der Waals surface area contributed by atoms with Crippen LogP contribution in [0.15, 0.2) is 36.4 Å². The highest BCUT2D eigenvalue weighted by Crippen LogP contribution is 2.46. The molecule has 2 atom stereocenters. The maximum absolute atomic E-state index is 13.9. The van der Waals surface area contributed by atoms with E-state index in [1.165, 1.54) is 14.2 Å². The average Bonchev–Trinajstić information content (AvgIpc) is 3.22. The second kappa shape index (κ2) is 9.85. The summed E-state index contributed by atoms with van der Waals surface area (Å²) >= 11 is 0. The molecule has 0 saturated heterocycles. The molecule has 3 aromatic rings. The summed E-state index contributed by atoms with van der Waals surface area (Å²) < 4.78 is 18.0. The molecule has 1 aliphatic rings. The molecule has 2 aromatic carbocycles. The maximum Gasteiger partial charge on any atom is 0.321 e. The van der Waals surface area contributed by atoms with Crippen LogP contribution in [-0.4, -0.2) is 53.9 Å². The molecule has 0 saturated carbocycles. The molecule has 9 heteroatoms. The van der Waals surface area contributed by atoms with E-state index in [2.05, 4.69) is 13.8 Å². The first-order chi connectivity index (χ1) is 16.8. The highest BCUT2D eigenvalue weighted by Gasteiger charge is 2.48. The Kier molecular flexibility index (Phi) is 6.86. The summed E-state index contributed by atoms with van der Waals surface area (Å²) in [5, 5.41) is 10.5. The van der Waals surface area contributed by atoms with Crippen LogP contribution in [0, 0.1) is 11.8 Å². The molecule has 0 bridgehead atoms. The zero-order valence-corrected chi connectivity index (χ0v) is 20.6. The first-order valence-electron chi connectivity index (χ1n) is 11.7. The van der Waals surface area contributed by atoms with Gasteiger partial charge in [0.25, 0.3) is 0 Å². The minimum atomic E-state index is -1.16. The van der Waals surface area contributed by atoms with Crippen molar-refractivity contribution in [2.75, 3.05) is 32.3 Å². The molecule has 35 heavy (non-hydrogen) atoms. The zero-order chi connectivity index (χ0) is 25.3. The second-order valence-electron chi connectivity index (χ2n) is 8.89. The molecule has 0 unspecified atom stereocenters. The van der Waals surface area contributed by atoms with Crippen LogP contribution in [0.2, 0.25) is 0 Å². The molecule has 9 nitrogen and oxygen atoms in total. The number of phenolic OH excluding ortho intramolecular Hbond substituents is 1. The number of anilines is 1. The Hall–Kier alpha value is -3.75. The van der Waals surface area contributed by atoms with Gasteiger partial charge in [-0.1, -0.05) is 26.0 Å². The van der Waals surface area contributed by atoms with Gasteiger partial charge in [-0.3, -0.25) is 14.5 Å². The molecule has 0 radical (unpaired) electrons. The van der Waals surface area contributed by atoms with E-state index in [1.54, 1.807) is 24.0 Å². The van der Waals surface area contributed by atoms with Crippen LogP contribution >= 0.6 is 0 Å². The van der Waals surface area contributed by atoms with Gasteiger partial charge in [0.05, 0.1) is 37.9 Å². The van der Waals surface area contributed by atoms with E-state index >= 15 is 0 Å². The number of nitrogens with zero attached hydrogens (tertiary/aromatic N) is 3. The molecule has 0 fully saturated rings. The van der Waals surface area contributed by atoms with Gasteiger partial charge in [-0.25, -0.2) is 4.98 Å². The van der Waals surface area contributed by atoms with Gasteiger partial charge in [0.2, 0.25) is 17.6 Å². The summed E-state index contributed by atoms with van der Waals surface area (Å²) in [6.07, 6.45) is 0.746. The lowest BCUT2D eigenvalue weighted by atomic mass is 9.88. The molecule has 0 spiro atoms. The topological polar surface area (TPSA) is 103 Å². The fourth-order valence-corrected chi connectivity index (χ4v) is 4.53. The van der Waals surface area contributed by atoms with Crippen molar-refractivity contribution >= 4 is 28.9 Å². The molecule has 2 heterocycles. The zero-order valence-electron chi connectivity index (χ0n) is 20.6. The molecule has 1 amide bonds. The number of aromatic hydroxyl groups is 1. The summed E-state index contributed by atoms with van der Waals surface area (Å²) in [5.41, 5.74) is 2.03. The van der Waals surface area contributed by atoms with Crippen LogP contribution in [0.3, 0.4) is 0 Å². The summed E-state index contributed by atoms with van der Waals surface area (Å²) in [6, 6.07) is 10.00. The van der Waals surface area contributed by atoms with Gasteiger partial charge in [-0.15, -0.1) is 0 Å². The van der Waals surface area contributed by atoms with Gasteiger partial charge in [-0.2, -0.15) is 0 Å². The van der Waals surface area contributed by atoms with Crippen molar-refractivity contribution in [1.29, 1.82) is 0 Å². The summed E-state index contributed by atoms with van der Waals surface area (Å²) in [4.78, 5) is 33.6. The van der Waals surface area contributed by atoms with Gasteiger partial charge in [0, 0.05) is 6.54 Å². The third-order valence-corrected chi connectivity index (χ3v) is 6.26. The van der Waals surface area contributed by atoms with E-state index in [9.17, 15) is 14.7 Å². The SMILES string of the molecule is CCOC(=O)[C@@H]1C(=O)N(CCC(C)C)c2nc3ccccc3n2[C@@H]1c1cc(OC)c(O)c(OC)c1. The van der Waals surface area contributed by atoms with Crippen molar-refractivity contribution in [2.24, 2.45) is 11.8 Å². The standard InChI is InChI=1S/C26H31N3O6/c1-6-35-25(32)21-22(16-13-19(33-4)23(30)20(14-16)34-5)29-18-10-8-7-9-17(18)27-26(29)28(24(21)31)12-11-15(2)3/h7-10,13-15,21-22,30H,6,11-12H2,1-5H3/t21-,22+/m0/s1. The number of aromatic nitrogens is 2. The van der Waals surface area contributed by atoms with Gasteiger partial charge in [0.1, 0.15) is 0 Å². The minimum Gasteiger partial charge on any atom is -0.502 e. The lowest BCUT2D eigenvalue weighted by molar-refractivity contribution is -0.153. The van der Waals surface area contributed by atoms with Gasteiger partial charge < -0.3 is 23.9 Å². The summed E-state index contributed by atoms with van der Waals surface area (Å²) in [5.74, 6) is -1.16. The number of carbonyl (C=O) groups excluding carboxylic acids is 2. The van der Waals surface area contributed by atoms with Crippen LogP contribution in [-0.2, 0) is 14.3 Å². The van der Waals surface area contributed by atoms with Crippen molar-refractivity contribution in [3.05, 3.63) is 42.0 Å². The Morgan fingerprint density at radius 2 is 1.80 bits per heavy atom. The minimum absolute atomic E-state index is 0.140. The van der Waals surface area contributed by atoms with E-state index in [0.717, 1.165) is 11.9 Å². The first kappa shape index (κ1) is 24.4. The highest BCUT2D eigenvalue weighted by atomic mass is 16.5. The van der Waals surface area contributed by atoms with E-state index in [1.807, 2.05) is 28.8 Å². The highest BCUT2D eigenvalue weighted by molar-refractivity contribution is 6.08. The lowest BCUT2D eigenvalue weighted by Gasteiger charge is -2.38. The number of imidazole rings is 1. The fraction of sp³-hybridized carbons (Fsp3) is 0.423. The number of esters is 1. The number of phenols is 1. The number of fused-ring (bicyclic) bond motifs is 3. The first-order valence-corrected chi connectivity index (χ1v) is 11.7. The van der Waals surface area contributed by atoms with E-state index in [0.29, 0.717) is 29.5 Å². The van der Waals surface area contributed by atoms with Gasteiger partial charge in [-0.05, 0) is 49.1 Å². The number of para-hydroxylation sites is 2. The van der Waals surface area contributed by atoms with Crippen molar-refractivity contribution in [1.82, 2.24) is 9.55 Å². The van der Waals surface area contributed by atoms with Crippen molar-refractivity contribution in [3.8, 4) is 17.2 Å². The lowest BCUT2D eigenvalue weighted by Crippen LogP contribution is -2.50. The van der Waals surface area contributed by atoms with Gasteiger partial charge >= 0.3 is 5.97 Å². The van der Waals surface area contributed by atoms with Crippen molar-refractivity contribution < 1.29 is 28.9 Å². The second-order valence-corrected chi connectivity index (χ2v) is 8.89. The summed E-state index contributed by atoms with van der Waals surface area (Å²) in [6.45, 7) is 6.43. The number of benzene rings is 2. The molecule has 1 aliphatic heterocycles. The Bertz CT molecular complexity index is 1230. The van der Waals surface area contributed by atoms with Crippen LogP contribution in [0.5, 0.6) is 17.2 Å². The smallest absolute Gasteiger partial charge is 0.321 e. The van der Waals surface area contributed by atoms with Crippen LogP contribution in [0.1, 0.15) is 38.8 Å². The third-order valence-electron chi connectivity index (χ3n) is 6.26. The van der Waals surface area contributed by atoms with E-state index in [-0.39, 0.29) is 29.8 Å². The Balaban J connectivity index is 2.01. The Morgan fingerprint density at radius 3 is 2.40 bits per heavy atom.